The Balaban J connectivity index is 2.48. The van der Waals surface area contributed by atoms with Gasteiger partial charge in [-0.25, -0.2) is 0 Å². The fourth-order valence-electron chi connectivity index (χ4n) is 2.28. The molecule has 0 amide bonds. The highest BCUT2D eigenvalue weighted by molar-refractivity contribution is 6.14. The summed E-state index contributed by atoms with van der Waals surface area (Å²) in [6, 6.07) is 0. The average molecular weight is 168 g/mol. The van der Waals surface area contributed by atoms with Crippen molar-refractivity contribution in [1.29, 1.82) is 0 Å². The zero-order chi connectivity index (χ0) is 9.35. The Bertz CT molecular complexity index is 150. The molecule has 0 heterocycles. The maximum atomic E-state index is 9.83. The van der Waals surface area contributed by atoms with Gasteiger partial charge in [0.05, 0.1) is 0 Å². The number of hydrogen-bond donors (Lipinski definition) is 1. The van der Waals surface area contributed by atoms with E-state index in [1.165, 1.54) is 19.3 Å². The summed E-state index contributed by atoms with van der Waals surface area (Å²) in [6.07, 6.45) is 3.97. The van der Waals surface area contributed by atoms with E-state index in [-0.39, 0.29) is 0 Å². The van der Waals surface area contributed by atoms with Crippen LogP contribution in [0.5, 0.6) is 0 Å². The number of hydrogen-bond acceptors (Lipinski definition) is 1. The van der Waals surface area contributed by atoms with Gasteiger partial charge in [-0.3, -0.25) is 0 Å². The van der Waals surface area contributed by atoms with Crippen LogP contribution in [0.3, 0.4) is 0 Å². The first-order chi connectivity index (χ1) is 5.41. The van der Waals surface area contributed by atoms with Crippen molar-refractivity contribution >= 4 is 7.85 Å². The Kier molecular flexibility index (Phi) is 2.87. The summed E-state index contributed by atoms with van der Waals surface area (Å²) in [4.78, 5) is 0. The lowest BCUT2D eigenvalue weighted by molar-refractivity contribution is 0.0578. The number of aliphatic hydroxyl groups is 1. The molecule has 1 fully saturated rings. The van der Waals surface area contributed by atoms with E-state index in [9.17, 15) is 5.11 Å². The summed E-state index contributed by atoms with van der Waals surface area (Å²) >= 11 is 0. The predicted octanol–water partition coefficient (Wildman–Crippen LogP) is 1.40. The van der Waals surface area contributed by atoms with Crippen molar-refractivity contribution in [1.82, 2.24) is 0 Å². The normalized spacial score (nSPS) is 37.7. The quantitative estimate of drug-likeness (QED) is 0.618. The molecule has 70 valence electrons. The molecule has 0 aliphatic heterocycles. The molecule has 0 bridgehead atoms. The lowest BCUT2D eigenvalue weighted by Crippen LogP contribution is -2.37. The highest BCUT2D eigenvalue weighted by atomic mass is 16.3. The van der Waals surface area contributed by atoms with E-state index < -0.39 is 5.50 Å². The van der Waals surface area contributed by atoms with E-state index >= 15 is 0 Å². The van der Waals surface area contributed by atoms with Gasteiger partial charge < -0.3 is 5.11 Å². The van der Waals surface area contributed by atoms with Crippen LogP contribution in [0.15, 0.2) is 0 Å². The molecule has 0 radical (unpaired) electrons. The van der Waals surface area contributed by atoms with Gasteiger partial charge >= 0.3 is 0 Å². The summed E-state index contributed by atoms with van der Waals surface area (Å²) in [5, 5.41) is 9.83. The predicted molar refractivity (Wildman–Crippen MR) is 54.8 cm³/mol. The van der Waals surface area contributed by atoms with Gasteiger partial charge in [0.2, 0.25) is 0 Å². The molecule has 0 aromatic rings. The van der Waals surface area contributed by atoms with Gasteiger partial charge in [-0.05, 0) is 37.5 Å². The van der Waals surface area contributed by atoms with E-state index in [1.54, 1.807) is 0 Å². The molecule has 0 spiro atoms. The maximum absolute atomic E-state index is 9.83. The maximum Gasteiger partial charge on any atom is 0.142 e. The highest BCUT2D eigenvalue weighted by Gasteiger charge is 2.33. The molecule has 0 aromatic heterocycles. The smallest absolute Gasteiger partial charge is 0.142 e. The van der Waals surface area contributed by atoms with Crippen molar-refractivity contribution in [3.63, 3.8) is 0 Å². The minimum Gasteiger partial charge on any atom is -0.399 e. The second-order valence-corrected chi connectivity index (χ2v) is 5.12. The van der Waals surface area contributed by atoms with Crippen molar-refractivity contribution in [3.05, 3.63) is 0 Å². The zero-order valence-electron chi connectivity index (χ0n) is 8.80. The van der Waals surface area contributed by atoms with Crippen LogP contribution in [0.4, 0.5) is 0 Å². The monoisotopic (exact) mass is 168 g/mol. The fourth-order valence-corrected chi connectivity index (χ4v) is 2.28. The van der Waals surface area contributed by atoms with E-state index in [0.29, 0.717) is 5.92 Å². The van der Waals surface area contributed by atoms with Crippen LogP contribution >= 0.6 is 0 Å². The third-order valence-electron chi connectivity index (χ3n) is 3.56. The van der Waals surface area contributed by atoms with Gasteiger partial charge in [0.1, 0.15) is 7.85 Å². The first-order valence-electron chi connectivity index (χ1n) is 5.13. The molecular weight excluding hydrogens is 147 g/mol. The van der Waals surface area contributed by atoms with E-state index in [1.807, 2.05) is 14.8 Å². The molecule has 2 heteroatoms. The van der Waals surface area contributed by atoms with Gasteiger partial charge in [-0.1, -0.05) is 20.3 Å². The topological polar surface area (TPSA) is 20.2 Å². The lowest BCUT2D eigenvalue weighted by atomic mass is 9.68. The molecule has 12 heavy (non-hydrogen) atoms. The standard InChI is InChI=1S/C10H21BO/c1-7-4-5-9(6-7)8(2)10(3,11)12/h7-9,12H,4-6,11H2,1-3H3. The summed E-state index contributed by atoms with van der Waals surface area (Å²) in [5.41, 5.74) is -0.491. The molecule has 0 saturated heterocycles. The van der Waals surface area contributed by atoms with Crippen molar-refractivity contribution in [2.24, 2.45) is 17.8 Å². The van der Waals surface area contributed by atoms with Crippen LogP contribution in [0.25, 0.3) is 0 Å². The van der Waals surface area contributed by atoms with Crippen LogP contribution in [0.2, 0.25) is 0 Å². The van der Waals surface area contributed by atoms with Gasteiger partial charge in [0.25, 0.3) is 0 Å². The Hall–Kier alpha value is 0.0249. The van der Waals surface area contributed by atoms with Crippen LogP contribution in [-0.4, -0.2) is 18.5 Å². The Morgan fingerprint density at radius 1 is 1.50 bits per heavy atom. The van der Waals surface area contributed by atoms with Crippen LogP contribution in [0, 0.1) is 17.8 Å². The Labute approximate surface area is 77.0 Å². The number of rotatable bonds is 2. The molecule has 4 unspecified atom stereocenters. The molecule has 1 nitrogen and oxygen atoms in total. The summed E-state index contributed by atoms with van der Waals surface area (Å²) < 4.78 is 0. The van der Waals surface area contributed by atoms with Crippen LogP contribution in [0.1, 0.15) is 40.0 Å². The Morgan fingerprint density at radius 3 is 2.42 bits per heavy atom. The fraction of sp³-hybridized carbons (Fsp3) is 1.00. The van der Waals surface area contributed by atoms with Crippen molar-refractivity contribution in [2.75, 3.05) is 0 Å². The van der Waals surface area contributed by atoms with E-state index in [0.717, 1.165) is 11.8 Å². The molecular formula is C10H21BO. The second-order valence-electron chi connectivity index (χ2n) is 5.12. The summed E-state index contributed by atoms with van der Waals surface area (Å²) in [7, 11) is 1.93. The first kappa shape index (κ1) is 10.1. The first-order valence-corrected chi connectivity index (χ1v) is 5.13. The van der Waals surface area contributed by atoms with Crippen molar-refractivity contribution in [3.8, 4) is 0 Å². The zero-order valence-corrected chi connectivity index (χ0v) is 8.80. The van der Waals surface area contributed by atoms with E-state index in [2.05, 4.69) is 13.8 Å². The van der Waals surface area contributed by atoms with Gasteiger partial charge in [-0.2, -0.15) is 0 Å². The van der Waals surface area contributed by atoms with E-state index in [4.69, 9.17) is 0 Å². The van der Waals surface area contributed by atoms with Crippen molar-refractivity contribution < 1.29 is 5.11 Å². The summed E-state index contributed by atoms with van der Waals surface area (Å²) in [5.74, 6) is 2.07. The van der Waals surface area contributed by atoms with Crippen molar-refractivity contribution in [2.45, 2.75) is 45.5 Å². The largest absolute Gasteiger partial charge is 0.399 e. The molecule has 1 rings (SSSR count). The Morgan fingerprint density at radius 2 is 2.08 bits per heavy atom. The third-order valence-corrected chi connectivity index (χ3v) is 3.56. The third kappa shape index (κ3) is 2.26. The average Bonchev–Trinajstić information content (AvgIpc) is 2.32. The highest BCUT2D eigenvalue weighted by Crippen LogP contribution is 2.38. The molecule has 1 aliphatic carbocycles. The minimum atomic E-state index is -0.491. The molecule has 1 saturated carbocycles. The van der Waals surface area contributed by atoms with Gasteiger partial charge in [0, 0.05) is 5.50 Å². The van der Waals surface area contributed by atoms with Gasteiger partial charge in [-0.15, -0.1) is 0 Å². The molecule has 1 N–H and O–H groups in total. The summed E-state index contributed by atoms with van der Waals surface area (Å²) in [6.45, 7) is 6.43. The molecule has 0 aromatic carbocycles. The molecule has 1 aliphatic rings. The second kappa shape index (κ2) is 3.41. The minimum absolute atomic E-state index is 0.447. The van der Waals surface area contributed by atoms with Gasteiger partial charge in [0.15, 0.2) is 0 Å². The molecule has 4 atom stereocenters. The SMILES string of the molecule is BC(C)(O)C(C)C1CCC(C)C1. The lowest BCUT2D eigenvalue weighted by Gasteiger charge is -2.31. The van der Waals surface area contributed by atoms with Crippen LogP contribution in [-0.2, 0) is 0 Å². The van der Waals surface area contributed by atoms with Crippen LogP contribution < -0.4 is 0 Å².